The van der Waals surface area contributed by atoms with Gasteiger partial charge in [0.1, 0.15) is 6.54 Å². The Kier molecular flexibility index (Phi) is 6.95. The van der Waals surface area contributed by atoms with Crippen LogP contribution in [0.15, 0.2) is 59.6 Å². The average Bonchev–Trinajstić information content (AvgIpc) is 3.31. The molecule has 0 radical (unpaired) electrons. The fourth-order valence-electron chi connectivity index (χ4n) is 2.96. The Morgan fingerprint density at radius 2 is 1.88 bits per heavy atom. The fraction of sp³-hybridized carbons (Fsp3) is 0.0909. The SMILES string of the molecule is O=C(CN1C(=O)S/C(=C\c2ccccc2)C1=O)Nc1ncc(Cc2cccc(Cl)c2Cl)s1. The molecule has 3 aromatic rings. The molecule has 0 saturated carbocycles. The Morgan fingerprint density at radius 3 is 2.66 bits per heavy atom. The van der Waals surface area contributed by atoms with Gasteiger partial charge in [-0.3, -0.25) is 19.3 Å². The summed E-state index contributed by atoms with van der Waals surface area (Å²) in [5.74, 6) is -0.996. The number of thioether (sulfide) groups is 1. The smallest absolute Gasteiger partial charge is 0.294 e. The second-order valence-corrected chi connectivity index (χ2v) is 9.64. The van der Waals surface area contributed by atoms with Crippen LogP contribution in [-0.2, 0) is 16.0 Å². The molecule has 0 unspecified atom stereocenters. The summed E-state index contributed by atoms with van der Waals surface area (Å²) in [6.45, 7) is -0.383. The quantitative estimate of drug-likeness (QED) is 0.435. The van der Waals surface area contributed by atoms with Crippen LogP contribution in [0.3, 0.4) is 0 Å². The van der Waals surface area contributed by atoms with Gasteiger partial charge in [-0.05, 0) is 35.0 Å². The predicted molar refractivity (Wildman–Crippen MR) is 129 cm³/mol. The van der Waals surface area contributed by atoms with E-state index in [0.717, 1.165) is 32.7 Å². The van der Waals surface area contributed by atoms with Crippen molar-refractivity contribution in [1.29, 1.82) is 0 Å². The Morgan fingerprint density at radius 1 is 1.09 bits per heavy atom. The lowest BCUT2D eigenvalue weighted by Crippen LogP contribution is -2.36. The summed E-state index contributed by atoms with van der Waals surface area (Å²) in [5, 5.41) is 3.48. The first-order valence-corrected chi connectivity index (χ1v) is 11.8. The van der Waals surface area contributed by atoms with Gasteiger partial charge >= 0.3 is 0 Å². The molecule has 4 rings (SSSR count). The number of carbonyl (C=O) groups is 3. The molecule has 0 bridgehead atoms. The highest BCUT2D eigenvalue weighted by Crippen LogP contribution is 2.32. The van der Waals surface area contributed by atoms with E-state index in [1.807, 2.05) is 42.5 Å². The molecule has 1 saturated heterocycles. The third-order valence-electron chi connectivity index (χ3n) is 4.47. The van der Waals surface area contributed by atoms with Gasteiger partial charge in [0.25, 0.3) is 11.1 Å². The van der Waals surface area contributed by atoms with Crippen LogP contribution in [0.2, 0.25) is 10.0 Å². The normalized spacial score (nSPS) is 14.9. The minimum Gasteiger partial charge on any atom is -0.300 e. The van der Waals surface area contributed by atoms with Crippen molar-refractivity contribution >= 4 is 74.6 Å². The van der Waals surface area contributed by atoms with Crippen LogP contribution in [0.4, 0.5) is 9.93 Å². The predicted octanol–water partition coefficient (Wildman–Crippen LogP) is 5.72. The highest BCUT2D eigenvalue weighted by molar-refractivity contribution is 8.18. The van der Waals surface area contributed by atoms with Crippen LogP contribution in [-0.4, -0.2) is 33.5 Å². The van der Waals surface area contributed by atoms with Gasteiger partial charge in [-0.1, -0.05) is 65.7 Å². The summed E-state index contributed by atoms with van der Waals surface area (Å²) in [7, 11) is 0. The highest BCUT2D eigenvalue weighted by atomic mass is 35.5. The maximum atomic E-state index is 12.6. The summed E-state index contributed by atoms with van der Waals surface area (Å²) in [5.41, 5.74) is 1.65. The van der Waals surface area contributed by atoms with E-state index in [2.05, 4.69) is 10.3 Å². The Labute approximate surface area is 202 Å². The van der Waals surface area contributed by atoms with E-state index < -0.39 is 17.1 Å². The topological polar surface area (TPSA) is 79.4 Å². The van der Waals surface area contributed by atoms with Gasteiger partial charge in [0.2, 0.25) is 5.91 Å². The van der Waals surface area contributed by atoms with Crippen LogP contribution >= 0.6 is 46.3 Å². The van der Waals surface area contributed by atoms with Gasteiger partial charge in [0.05, 0.1) is 15.0 Å². The Bertz CT molecular complexity index is 1230. The van der Waals surface area contributed by atoms with Crippen LogP contribution in [0.5, 0.6) is 0 Å². The number of anilines is 1. The van der Waals surface area contributed by atoms with Crippen LogP contribution in [0, 0.1) is 0 Å². The third kappa shape index (κ3) is 5.21. The number of imide groups is 1. The lowest BCUT2D eigenvalue weighted by atomic mass is 10.1. The fourth-order valence-corrected chi connectivity index (χ4v) is 5.04. The molecule has 10 heteroatoms. The number of hydrogen-bond donors (Lipinski definition) is 1. The average molecular weight is 504 g/mol. The largest absolute Gasteiger partial charge is 0.300 e. The van der Waals surface area contributed by atoms with Crippen molar-refractivity contribution in [3.8, 4) is 0 Å². The minimum absolute atomic E-state index is 0.281. The summed E-state index contributed by atoms with van der Waals surface area (Å²) in [6, 6.07) is 14.6. The maximum Gasteiger partial charge on any atom is 0.294 e. The first-order chi connectivity index (χ1) is 15.4. The van der Waals surface area contributed by atoms with Gasteiger partial charge in [-0.15, -0.1) is 11.3 Å². The van der Waals surface area contributed by atoms with E-state index in [-0.39, 0.29) is 11.4 Å². The molecule has 1 aromatic heterocycles. The monoisotopic (exact) mass is 503 g/mol. The molecule has 3 amide bonds. The summed E-state index contributed by atoms with van der Waals surface area (Å²) >= 11 is 14.4. The maximum absolute atomic E-state index is 12.6. The third-order valence-corrected chi connectivity index (χ3v) is 7.15. The molecule has 162 valence electrons. The van der Waals surface area contributed by atoms with Crippen molar-refractivity contribution in [3.05, 3.63) is 85.7 Å². The lowest BCUT2D eigenvalue weighted by Gasteiger charge is -2.11. The number of amides is 3. The zero-order valence-electron chi connectivity index (χ0n) is 16.4. The molecular formula is C22H15Cl2N3O3S2. The second-order valence-electron chi connectivity index (χ2n) is 6.75. The number of carbonyl (C=O) groups excluding carboxylic acids is 3. The summed E-state index contributed by atoms with van der Waals surface area (Å²) in [4.78, 5) is 43.5. The van der Waals surface area contributed by atoms with Gasteiger partial charge < -0.3 is 5.32 Å². The molecular weight excluding hydrogens is 489 g/mol. The number of hydrogen-bond acceptors (Lipinski definition) is 6. The number of rotatable bonds is 6. The van der Waals surface area contributed by atoms with Gasteiger partial charge in [0, 0.05) is 17.5 Å². The molecule has 1 aliphatic rings. The molecule has 0 spiro atoms. The molecule has 0 aliphatic carbocycles. The van der Waals surface area contributed by atoms with Crippen molar-refractivity contribution in [1.82, 2.24) is 9.88 Å². The molecule has 1 N–H and O–H groups in total. The molecule has 1 aliphatic heterocycles. The molecule has 2 heterocycles. The number of nitrogens with one attached hydrogen (secondary N) is 1. The van der Waals surface area contributed by atoms with E-state index in [0.29, 0.717) is 21.6 Å². The first-order valence-electron chi connectivity index (χ1n) is 9.38. The number of aromatic nitrogens is 1. The zero-order valence-corrected chi connectivity index (χ0v) is 19.5. The lowest BCUT2D eigenvalue weighted by molar-refractivity contribution is -0.127. The van der Waals surface area contributed by atoms with Crippen molar-refractivity contribution < 1.29 is 14.4 Å². The van der Waals surface area contributed by atoms with E-state index in [1.165, 1.54) is 11.3 Å². The number of benzene rings is 2. The molecule has 2 aromatic carbocycles. The van der Waals surface area contributed by atoms with Crippen LogP contribution < -0.4 is 5.32 Å². The summed E-state index contributed by atoms with van der Waals surface area (Å²) < 4.78 is 0. The number of halogens is 2. The van der Waals surface area contributed by atoms with E-state index in [9.17, 15) is 14.4 Å². The minimum atomic E-state index is -0.505. The van der Waals surface area contributed by atoms with Crippen LogP contribution in [0.1, 0.15) is 16.0 Å². The molecule has 32 heavy (non-hydrogen) atoms. The van der Waals surface area contributed by atoms with Gasteiger partial charge in [-0.25, -0.2) is 4.98 Å². The van der Waals surface area contributed by atoms with Crippen molar-refractivity contribution in [2.24, 2.45) is 0 Å². The molecule has 6 nitrogen and oxygen atoms in total. The van der Waals surface area contributed by atoms with Crippen molar-refractivity contribution in [2.45, 2.75) is 6.42 Å². The Balaban J connectivity index is 1.38. The first kappa shape index (κ1) is 22.5. The van der Waals surface area contributed by atoms with Gasteiger partial charge in [-0.2, -0.15) is 0 Å². The van der Waals surface area contributed by atoms with Crippen molar-refractivity contribution in [2.75, 3.05) is 11.9 Å². The molecule has 0 atom stereocenters. The van der Waals surface area contributed by atoms with E-state index in [4.69, 9.17) is 23.2 Å². The van der Waals surface area contributed by atoms with E-state index >= 15 is 0 Å². The number of thiazole rings is 1. The summed E-state index contributed by atoms with van der Waals surface area (Å²) in [6.07, 6.45) is 3.79. The zero-order chi connectivity index (χ0) is 22.7. The van der Waals surface area contributed by atoms with Crippen LogP contribution in [0.25, 0.3) is 6.08 Å². The highest BCUT2D eigenvalue weighted by Gasteiger charge is 2.36. The second kappa shape index (κ2) is 9.87. The van der Waals surface area contributed by atoms with E-state index in [1.54, 1.807) is 18.3 Å². The standard InChI is InChI=1S/C22H15Cl2N3O3S2/c23-16-8-4-7-14(19(16)24)10-15-11-25-21(31-15)26-18(28)12-27-20(29)17(32-22(27)30)9-13-5-2-1-3-6-13/h1-9,11H,10,12H2,(H,25,26,28)/b17-9-. The Hall–Kier alpha value is -2.65. The molecule has 1 fully saturated rings. The van der Waals surface area contributed by atoms with Gasteiger partial charge in [0.15, 0.2) is 5.13 Å². The van der Waals surface area contributed by atoms with Crippen molar-refractivity contribution in [3.63, 3.8) is 0 Å². The number of nitrogens with zero attached hydrogens (tertiary/aromatic N) is 2.